The fourth-order valence-corrected chi connectivity index (χ4v) is 2.53. The van der Waals surface area contributed by atoms with E-state index in [1.807, 2.05) is 24.3 Å². The molecule has 3 rings (SSSR count). The highest BCUT2D eigenvalue weighted by Crippen LogP contribution is 2.31. The van der Waals surface area contributed by atoms with Crippen molar-refractivity contribution in [3.63, 3.8) is 0 Å². The molecule has 0 amide bonds. The van der Waals surface area contributed by atoms with Crippen molar-refractivity contribution >= 4 is 11.6 Å². The number of aryl methyl sites for hydroxylation is 1. The highest BCUT2D eigenvalue weighted by Gasteiger charge is 2.25. The van der Waals surface area contributed by atoms with Crippen LogP contribution in [0.15, 0.2) is 48.5 Å². The van der Waals surface area contributed by atoms with Crippen LogP contribution < -0.4 is 5.32 Å². The molecule has 104 valence electrons. The third-order valence-electron chi connectivity index (χ3n) is 3.72. The Morgan fingerprint density at radius 1 is 1.10 bits per heavy atom. The number of benzene rings is 2. The lowest BCUT2D eigenvalue weighted by molar-refractivity contribution is -0.0204. The molecule has 2 aromatic carbocycles. The summed E-state index contributed by atoms with van der Waals surface area (Å²) < 4.78 is 6.27. The van der Waals surface area contributed by atoms with Crippen LogP contribution in [0.2, 0.25) is 5.02 Å². The van der Waals surface area contributed by atoms with Gasteiger partial charge in [-0.15, -0.1) is 0 Å². The molecule has 1 unspecified atom stereocenters. The highest BCUT2D eigenvalue weighted by molar-refractivity contribution is 6.30. The summed E-state index contributed by atoms with van der Waals surface area (Å²) in [5.41, 5.74) is 3.62. The summed E-state index contributed by atoms with van der Waals surface area (Å²) in [4.78, 5) is 0. The minimum Gasteiger partial charge on any atom is -0.363 e. The zero-order valence-electron chi connectivity index (χ0n) is 11.5. The van der Waals surface area contributed by atoms with Crippen molar-refractivity contribution < 1.29 is 4.74 Å². The predicted molar refractivity (Wildman–Crippen MR) is 82.2 cm³/mol. The van der Waals surface area contributed by atoms with Crippen LogP contribution in [0.25, 0.3) is 0 Å². The Balaban J connectivity index is 1.94. The fourth-order valence-electron chi connectivity index (χ4n) is 2.40. The van der Waals surface area contributed by atoms with Crippen LogP contribution in [0, 0.1) is 6.92 Å². The number of rotatable bonds is 4. The molecule has 2 nitrogen and oxygen atoms in total. The van der Waals surface area contributed by atoms with Crippen LogP contribution >= 0.6 is 11.6 Å². The highest BCUT2D eigenvalue weighted by atomic mass is 35.5. The maximum atomic E-state index is 6.27. The van der Waals surface area contributed by atoms with Gasteiger partial charge in [0.2, 0.25) is 0 Å². The number of nitrogens with one attached hydrogen (secondary N) is 1. The molecule has 20 heavy (non-hydrogen) atoms. The Labute approximate surface area is 124 Å². The van der Waals surface area contributed by atoms with Gasteiger partial charge in [-0.2, -0.15) is 0 Å². The molecular formula is C17H18ClNO. The van der Waals surface area contributed by atoms with E-state index < -0.39 is 0 Å². The summed E-state index contributed by atoms with van der Waals surface area (Å²) in [5, 5.41) is 4.00. The van der Waals surface area contributed by atoms with Gasteiger partial charge >= 0.3 is 0 Å². The maximum Gasteiger partial charge on any atom is 0.108 e. The van der Waals surface area contributed by atoms with Gasteiger partial charge in [0, 0.05) is 18.1 Å². The van der Waals surface area contributed by atoms with Gasteiger partial charge in [-0.25, -0.2) is 0 Å². The smallest absolute Gasteiger partial charge is 0.108 e. The number of hydrogen-bond acceptors (Lipinski definition) is 2. The Hall–Kier alpha value is -1.35. The van der Waals surface area contributed by atoms with Gasteiger partial charge in [0.1, 0.15) is 6.10 Å². The molecule has 2 aromatic rings. The summed E-state index contributed by atoms with van der Waals surface area (Å²) in [7, 11) is 0. The van der Waals surface area contributed by atoms with E-state index in [0.717, 1.165) is 23.7 Å². The lowest BCUT2D eigenvalue weighted by atomic mass is 9.97. The zero-order chi connectivity index (χ0) is 13.9. The van der Waals surface area contributed by atoms with Crippen molar-refractivity contribution in [3.8, 4) is 0 Å². The van der Waals surface area contributed by atoms with Crippen molar-refractivity contribution in [2.45, 2.75) is 19.1 Å². The first-order chi connectivity index (χ1) is 9.74. The molecule has 0 saturated carbocycles. The molecule has 0 bridgehead atoms. The van der Waals surface area contributed by atoms with Crippen LogP contribution in [-0.4, -0.2) is 19.2 Å². The van der Waals surface area contributed by atoms with Crippen LogP contribution in [0.4, 0.5) is 0 Å². The second-order valence-corrected chi connectivity index (χ2v) is 5.64. The van der Waals surface area contributed by atoms with E-state index in [0.29, 0.717) is 0 Å². The van der Waals surface area contributed by atoms with E-state index in [-0.39, 0.29) is 12.2 Å². The van der Waals surface area contributed by atoms with E-state index >= 15 is 0 Å². The average Bonchev–Trinajstić information content (AvgIpc) is 2.41. The molecule has 0 spiro atoms. The predicted octanol–water partition coefficient (Wildman–Crippen LogP) is 3.73. The van der Waals surface area contributed by atoms with Crippen LogP contribution in [0.5, 0.6) is 0 Å². The van der Waals surface area contributed by atoms with Gasteiger partial charge in [-0.3, -0.25) is 0 Å². The van der Waals surface area contributed by atoms with Crippen molar-refractivity contribution in [3.05, 3.63) is 70.2 Å². The largest absolute Gasteiger partial charge is 0.363 e. The van der Waals surface area contributed by atoms with Gasteiger partial charge < -0.3 is 10.1 Å². The van der Waals surface area contributed by atoms with Gasteiger partial charge in [0.25, 0.3) is 0 Å². The molecule has 1 aliphatic rings. The Morgan fingerprint density at radius 2 is 1.80 bits per heavy atom. The summed E-state index contributed by atoms with van der Waals surface area (Å²) in [6.07, 6.45) is 0.260. The van der Waals surface area contributed by atoms with E-state index in [1.165, 1.54) is 11.1 Å². The van der Waals surface area contributed by atoms with Gasteiger partial charge in [-0.1, -0.05) is 48.0 Å². The number of hydrogen-bond donors (Lipinski definition) is 1. The molecule has 1 saturated heterocycles. The molecule has 3 heteroatoms. The first-order valence-electron chi connectivity index (χ1n) is 6.91. The summed E-state index contributed by atoms with van der Waals surface area (Å²) in [6, 6.07) is 16.3. The molecule has 1 N–H and O–H groups in total. The minimum atomic E-state index is -0.0273. The molecule has 1 fully saturated rings. The molecule has 0 aromatic heterocycles. The third-order valence-corrected chi connectivity index (χ3v) is 3.97. The molecular weight excluding hydrogens is 270 g/mol. The van der Waals surface area contributed by atoms with E-state index in [9.17, 15) is 0 Å². The second kappa shape index (κ2) is 5.96. The monoisotopic (exact) mass is 287 g/mol. The average molecular weight is 288 g/mol. The minimum absolute atomic E-state index is 0.0273. The summed E-state index contributed by atoms with van der Waals surface area (Å²) >= 11 is 5.99. The van der Waals surface area contributed by atoms with Crippen molar-refractivity contribution in [2.24, 2.45) is 0 Å². The topological polar surface area (TPSA) is 21.3 Å². The Morgan fingerprint density at radius 3 is 2.40 bits per heavy atom. The van der Waals surface area contributed by atoms with E-state index in [4.69, 9.17) is 16.3 Å². The third kappa shape index (κ3) is 2.88. The van der Waals surface area contributed by atoms with Crippen LogP contribution in [0.3, 0.4) is 0 Å². The molecule has 0 radical (unpaired) electrons. The SMILES string of the molecule is Cc1ccccc1C(OC1CNC1)c1ccc(Cl)cc1. The quantitative estimate of drug-likeness (QED) is 0.925. The lowest BCUT2D eigenvalue weighted by Gasteiger charge is -2.32. The van der Waals surface area contributed by atoms with Crippen molar-refractivity contribution in [1.82, 2.24) is 5.32 Å². The molecule has 1 heterocycles. The van der Waals surface area contributed by atoms with Gasteiger partial charge in [0.15, 0.2) is 0 Å². The zero-order valence-corrected chi connectivity index (χ0v) is 12.2. The number of ether oxygens (including phenoxy) is 1. The Kier molecular flexibility index (Phi) is 4.06. The van der Waals surface area contributed by atoms with Gasteiger partial charge in [0.05, 0.1) is 6.10 Å². The molecule has 1 atom stereocenters. The first kappa shape index (κ1) is 13.6. The Bertz CT molecular complexity index is 578. The second-order valence-electron chi connectivity index (χ2n) is 5.20. The summed E-state index contributed by atoms with van der Waals surface area (Å²) in [5.74, 6) is 0. The number of halogens is 1. The van der Waals surface area contributed by atoms with Crippen LogP contribution in [-0.2, 0) is 4.74 Å². The molecule has 0 aliphatic carbocycles. The molecule has 1 aliphatic heterocycles. The van der Waals surface area contributed by atoms with Gasteiger partial charge in [-0.05, 0) is 35.7 Å². The van der Waals surface area contributed by atoms with E-state index in [1.54, 1.807) is 0 Å². The summed E-state index contributed by atoms with van der Waals surface area (Å²) in [6.45, 7) is 3.98. The first-order valence-corrected chi connectivity index (χ1v) is 7.29. The van der Waals surface area contributed by atoms with Crippen LogP contribution in [0.1, 0.15) is 22.8 Å². The standard InChI is InChI=1S/C17H18ClNO/c1-12-4-2-3-5-16(12)17(20-15-10-19-11-15)13-6-8-14(18)9-7-13/h2-9,15,17,19H,10-11H2,1H3. The normalized spacial score (nSPS) is 16.7. The van der Waals surface area contributed by atoms with E-state index in [2.05, 4.69) is 36.5 Å². The fraction of sp³-hybridized carbons (Fsp3) is 0.294. The maximum absolute atomic E-state index is 6.27. The lowest BCUT2D eigenvalue weighted by Crippen LogP contribution is -2.49. The van der Waals surface area contributed by atoms with Crippen molar-refractivity contribution in [1.29, 1.82) is 0 Å². The van der Waals surface area contributed by atoms with Crippen molar-refractivity contribution in [2.75, 3.05) is 13.1 Å².